The van der Waals surface area contributed by atoms with Crippen molar-refractivity contribution in [2.45, 2.75) is 26.4 Å². The first-order chi connectivity index (χ1) is 8.49. The van der Waals surface area contributed by atoms with Crippen LogP contribution in [-0.4, -0.2) is 31.9 Å². The number of nitrogens with one attached hydrogen (secondary N) is 1. The molecule has 6 heteroatoms. The van der Waals surface area contributed by atoms with Gasteiger partial charge in [-0.3, -0.25) is 0 Å². The summed E-state index contributed by atoms with van der Waals surface area (Å²) in [7, 11) is -3.48. The molecular formula is C12H21N3O2S. The Kier molecular flexibility index (Phi) is 5.74. The Hall–Kier alpha value is -0.950. The Labute approximate surface area is 109 Å². The largest absolute Gasteiger partial charge is 0.329 e. The predicted octanol–water partition coefficient (Wildman–Crippen LogP) is 0.690. The third-order valence-electron chi connectivity index (χ3n) is 2.60. The van der Waals surface area contributed by atoms with E-state index in [1.807, 2.05) is 37.3 Å². The van der Waals surface area contributed by atoms with Gasteiger partial charge in [0.05, 0.1) is 0 Å². The highest BCUT2D eigenvalue weighted by molar-refractivity contribution is 7.87. The van der Waals surface area contributed by atoms with Crippen molar-refractivity contribution in [3.63, 3.8) is 0 Å². The maximum atomic E-state index is 12.1. The summed E-state index contributed by atoms with van der Waals surface area (Å²) >= 11 is 0. The minimum absolute atomic E-state index is 0.264. The zero-order valence-corrected chi connectivity index (χ0v) is 11.7. The molecule has 1 aromatic rings. The number of rotatable bonds is 7. The summed E-state index contributed by atoms with van der Waals surface area (Å²) in [4.78, 5) is 0. The van der Waals surface area contributed by atoms with E-state index in [0.29, 0.717) is 13.1 Å². The van der Waals surface area contributed by atoms with Gasteiger partial charge in [0.15, 0.2) is 0 Å². The van der Waals surface area contributed by atoms with Gasteiger partial charge >= 0.3 is 0 Å². The molecule has 0 heterocycles. The third-order valence-corrected chi connectivity index (χ3v) is 4.37. The molecule has 0 aliphatic heterocycles. The SMILES string of the molecule is CCN(Cc1ccccc1)S(=O)(=O)N[C@@H](C)CN. The number of nitrogens with two attached hydrogens (primary N) is 1. The topological polar surface area (TPSA) is 75.4 Å². The smallest absolute Gasteiger partial charge is 0.280 e. The summed E-state index contributed by atoms with van der Waals surface area (Å²) in [5.41, 5.74) is 6.39. The average Bonchev–Trinajstić information content (AvgIpc) is 2.36. The van der Waals surface area contributed by atoms with Crippen LogP contribution in [0.25, 0.3) is 0 Å². The molecule has 0 aliphatic carbocycles. The predicted molar refractivity (Wildman–Crippen MR) is 73.1 cm³/mol. The molecule has 1 rings (SSSR count). The molecule has 0 unspecified atom stereocenters. The van der Waals surface area contributed by atoms with Crippen LogP contribution in [0.3, 0.4) is 0 Å². The van der Waals surface area contributed by atoms with Gasteiger partial charge in [0.1, 0.15) is 0 Å². The molecule has 0 spiro atoms. The van der Waals surface area contributed by atoms with E-state index in [0.717, 1.165) is 5.56 Å². The van der Waals surface area contributed by atoms with Gasteiger partial charge in [0, 0.05) is 25.7 Å². The Morgan fingerprint density at radius 3 is 2.44 bits per heavy atom. The van der Waals surface area contributed by atoms with Crippen LogP contribution in [0.2, 0.25) is 0 Å². The summed E-state index contributed by atoms with van der Waals surface area (Å²) in [6, 6.07) is 9.25. The van der Waals surface area contributed by atoms with Crippen molar-refractivity contribution in [1.82, 2.24) is 9.03 Å². The van der Waals surface area contributed by atoms with E-state index in [9.17, 15) is 8.42 Å². The average molecular weight is 271 g/mol. The van der Waals surface area contributed by atoms with Crippen LogP contribution >= 0.6 is 0 Å². The molecule has 0 saturated carbocycles. The first-order valence-electron chi connectivity index (χ1n) is 6.01. The fourth-order valence-electron chi connectivity index (χ4n) is 1.53. The van der Waals surface area contributed by atoms with E-state index in [1.54, 1.807) is 6.92 Å². The van der Waals surface area contributed by atoms with Crippen LogP contribution in [-0.2, 0) is 16.8 Å². The summed E-state index contributed by atoms with van der Waals surface area (Å²) in [5, 5.41) is 0. The van der Waals surface area contributed by atoms with Crippen molar-refractivity contribution < 1.29 is 8.42 Å². The molecule has 0 fully saturated rings. The number of hydrogen-bond donors (Lipinski definition) is 2. The maximum Gasteiger partial charge on any atom is 0.280 e. The number of hydrogen-bond acceptors (Lipinski definition) is 3. The van der Waals surface area contributed by atoms with Crippen LogP contribution in [0.4, 0.5) is 0 Å². The van der Waals surface area contributed by atoms with Crippen molar-refractivity contribution in [2.75, 3.05) is 13.1 Å². The van der Waals surface area contributed by atoms with Gasteiger partial charge in [0.2, 0.25) is 0 Å². The monoisotopic (exact) mass is 271 g/mol. The van der Waals surface area contributed by atoms with Crippen molar-refractivity contribution in [3.05, 3.63) is 35.9 Å². The molecule has 1 atom stereocenters. The highest BCUT2D eigenvalue weighted by atomic mass is 32.2. The van der Waals surface area contributed by atoms with Gasteiger partial charge in [-0.2, -0.15) is 17.4 Å². The van der Waals surface area contributed by atoms with Crippen molar-refractivity contribution in [3.8, 4) is 0 Å². The normalized spacial score (nSPS) is 13.8. The van der Waals surface area contributed by atoms with Crippen LogP contribution in [0.5, 0.6) is 0 Å². The van der Waals surface area contributed by atoms with Crippen molar-refractivity contribution >= 4 is 10.2 Å². The molecule has 1 aromatic carbocycles. The number of nitrogens with zero attached hydrogens (tertiary/aromatic N) is 1. The van der Waals surface area contributed by atoms with E-state index < -0.39 is 10.2 Å². The zero-order chi connectivity index (χ0) is 13.6. The van der Waals surface area contributed by atoms with Crippen LogP contribution in [0, 0.1) is 0 Å². The molecule has 0 aromatic heterocycles. The molecule has 5 nitrogen and oxygen atoms in total. The summed E-state index contributed by atoms with van der Waals surface area (Å²) < 4.78 is 28.1. The summed E-state index contributed by atoms with van der Waals surface area (Å²) in [6.45, 7) is 4.62. The van der Waals surface area contributed by atoms with Gasteiger partial charge in [-0.25, -0.2) is 0 Å². The lowest BCUT2D eigenvalue weighted by Crippen LogP contribution is -2.46. The number of benzene rings is 1. The lowest BCUT2D eigenvalue weighted by Gasteiger charge is -2.23. The minimum atomic E-state index is -3.48. The Morgan fingerprint density at radius 1 is 1.33 bits per heavy atom. The molecule has 0 aliphatic rings. The first-order valence-corrected chi connectivity index (χ1v) is 7.45. The fraction of sp³-hybridized carbons (Fsp3) is 0.500. The Balaban J connectivity index is 2.77. The highest BCUT2D eigenvalue weighted by Gasteiger charge is 2.21. The molecule has 0 bridgehead atoms. The minimum Gasteiger partial charge on any atom is -0.329 e. The van der Waals surface area contributed by atoms with Crippen LogP contribution < -0.4 is 10.5 Å². The van der Waals surface area contributed by atoms with Gasteiger partial charge in [-0.05, 0) is 12.5 Å². The molecule has 0 radical (unpaired) electrons. The van der Waals surface area contributed by atoms with Crippen LogP contribution in [0.15, 0.2) is 30.3 Å². The zero-order valence-electron chi connectivity index (χ0n) is 10.8. The Morgan fingerprint density at radius 2 is 1.94 bits per heavy atom. The van der Waals surface area contributed by atoms with Gasteiger partial charge < -0.3 is 5.73 Å². The molecule has 0 amide bonds. The molecule has 3 N–H and O–H groups in total. The second kappa shape index (κ2) is 6.84. The van der Waals surface area contributed by atoms with Crippen LogP contribution in [0.1, 0.15) is 19.4 Å². The lowest BCUT2D eigenvalue weighted by atomic mass is 10.2. The van der Waals surface area contributed by atoms with E-state index >= 15 is 0 Å². The van der Waals surface area contributed by atoms with Crippen molar-refractivity contribution in [1.29, 1.82) is 0 Å². The summed E-state index contributed by atoms with van der Waals surface area (Å²) in [5.74, 6) is 0. The fourth-order valence-corrected chi connectivity index (χ4v) is 2.94. The lowest BCUT2D eigenvalue weighted by molar-refractivity contribution is 0.408. The summed E-state index contributed by atoms with van der Waals surface area (Å²) in [6.07, 6.45) is 0. The third kappa shape index (κ3) is 4.38. The molecule has 102 valence electrons. The molecule has 18 heavy (non-hydrogen) atoms. The van der Waals surface area contributed by atoms with Gasteiger partial charge in [-0.1, -0.05) is 37.3 Å². The van der Waals surface area contributed by atoms with E-state index in [1.165, 1.54) is 4.31 Å². The molecule has 0 saturated heterocycles. The second-order valence-corrected chi connectivity index (χ2v) is 5.87. The van der Waals surface area contributed by atoms with E-state index in [4.69, 9.17) is 5.73 Å². The Bertz CT molecular complexity index is 448. The van der Waals surface area contributed by atoms with Crippen molar-refractivity contribution in [2.24, 2.45) is 5.73 Å². The van der Waals surface area contributed by atoms with E-state index in [-0.39, 0.29) is 12.6 Å². The first kappa shape index (κ1) is 15.1. The maximum absolute atomic E-state index is 12.1. The molecular weight excluding hydrogens is 250 g/mol. The highest BCUT2D eigenvalue weighted by Crippen LogP contribution is 2.08. The van der Waals surface area contributed by atoms with E-state index in [2.05, 4.69) is 4.72 Å². The quantitative estimate of drug-likeness (QED) is 0.766. The standard InChI is InChI=1S/C12H21N3O2S/c1-3-15(10-12-7-5-4-6-8-12)18(16,17)14-11(2)9-13/h4-8,11,14H,3,9-10,13H2,1-2H3/t11-/m0/s1. The van der Waals surface area contributed by atoms with Gasteiger partial charge in [-0.15, -0.1) is 0 Å². The second-order valence-electron chi connectivity index (χ2n) is 4.17. The van der Waals surface area contributed by atoms with Gasteiger partial charge in [0.25, 0.3) is 10.2 Å².